The van der Waals surface area contributed by atoms with Crippen LogP contribution < -0.4 is 4.90 Å². The van der Waals surface area contributed by atoms with Gasteiger partial charge in [-0.25, -0.2) is 0 Å². The van der Waals surface area contributed by atoms with E-state index in [0.29, 0.717) is 17.6 Å². The molecular formula is C30H31NO. The van der Waals surface area contributed by atoms with Crippen molar-refractivity contribution >= 4 is 17.1 Å². The molecule has 4 aromatic rings. The summed E-state index contributed by atoms with van der Waals surface area (Å²) in [5, 5.41) is 9.60. The van der Waals surface area contributed by atoms with E-state index in [1.807, 2.05) is 0 Å². The van der Waals surface area contributed by atoms with Gasteiger partial charge in [0.2, 0.25) is 0 Å². The molecule has 0 bridgehead atoms. The molecule has 0 fully saturated rings. The predicted octanol–water partition coefficient (Wildman–Crippen LogP) is 8.55. The molecule has 0 aromatic heterocycles. The lowest BCUT2D eigenvalue weighted by molar-refractivity contribution is 0.474. The highest BCUT2D eigenvalue weighted by molar-refractivity contribution is 5.76. The number of benzene rings is 4. The van der Waals surface area contributed by atoms with Gasteiger partial charge >= 0.3 is 0 Å². The number of para-hydroxylation sites is 2. The van der Waals surface area contributed by atoms with Gasteiger partial charge in [-0.15, -0.1) is 0 Å². The summed E-state index contributed by atoms with van der Waals surface area (Å²) in [6.07, 6.45) is 2.17. The average Bonchev–Trinajstić information content (AvgIpc) is 2.85. The molecule has 32 heavy (non-hydrogen) atoms. The summed E-state index contributed by atoms with van der Waals surface area (Å²) >= 11 is 0. The number of phenols is 1. The highest BCUT2D eigenvalue weighted by Gasteiger charge is 2.17. The van der Waals surface area contributed by atoms with Crippen LogP contribution in [0.25, 0.3) is 0 Å². The molecular weight excluding hydrogens is 390 g/mol. The van der Waals surface area contributed by atoms with Gasteiger partial charge in [-0.1, -0.05) is 74.5 Å². The Bertz CT molecular complexity index is 1050. The van der Waals surface area contributed by atoms with Crippen LogP contribution in [0.1, 0.15) is 49.7 Å². The molecule has 0 aliphatic rings. The van der Waals surface area contributed by atoms with E-state index in [0.717, 1.165) is 29.9 Å². The average molecular weight is 422 g/mol. The highest BCUT2D eigenvalue weighted by Crippen LogP contribution is 2.36. The topological polar surface area (TPSA) is 23.5 Å². The van der Waals surface area contributed by atoms with Gasteiger partial charge in [0, 0.05) is 17.1 Å². The summed E-state index contributed by atoms with van der Waals surface area (Å²) in [6.45, 7) is 4.55. The first kappa shape index (κ1) is 21.7. The Morgan fingerprint density at radius 3 is 1.59 bits per heavy atom. The molecule has 162 valence electrons. The minimum atomic E-state index is 0.327. The summed E-state index contributed by atoms with van der Waals surface area (Å²) in [5.74, 6) is 1.26. The van der Waals surface area contributed by atoms with Crippen molar-refractivity contribution in [3.05, 3.63) is 120 Å². The normalized spacial score (nSPS) is 12.8. The zero-order chi connectivity index (χ0) is 22.3. The zero-order valence-electron chi connectivity index (χ0n) is 18.9. The quantitative estimate of drug-likeness (QED) is 0.308. The lowest BCUT2D eigenvalue weighted by atomic mass is 9.84. The van der Waals surface area contributed by atoms with Gasteiger partial charge in [0.25, 0.3) is 0 Å². The third kappa shape index (κ3) is 5.03. The predicted molar refractivity (Wildman–Crippen MR) is 135 cm³/mol. The Kier molecular flexibility index (Phi) is 6.91. The fourth-order valence-corrected chi connectivity index (χ4v) is 4.40. The van der Waals surface area contributed by atoms with E-state index < -0.39 is 0 Å². The molecule has 4 aromatic carbocycles. The minimum absolute atomic E-state index is 0.327. The molecule has 2 atom stereocenters. The van der Waals surface area contributed by atoms with Crippen molar-refractivity contribution in [3.63, 3.8) is 0 Å². The van der Waals surface area contributed by atoms with Crippen molar-refractivity contribution in [3.8, 4) is 5.75 Å². The Labute approximate surface area is 191 Å². The molecule has 2 nitrogen and oxygen atoms in total. The van der Waals surface area contributed by atoms with Crippen LogP contribution in [0.3, 0.4) is 0 Å². The Morgan fingerprint density at radius 1 is 0.625 bits per heavy atom. The first-order valence-corrected chi connectivity index (χ1v) is 11.4. The maximum atomic E-state index is 9.60. The summed E-state index contributed by atoms with van der Waals surface area (Å²) < 4.78 is 0. The van der Waals surface area contributed by atoms with Gasteiger partial charge in [-0.3, -0.25) is 0 Å². The van der Waals surface area contributed by atoms with Crippen LogP contribution in [0.2, 0.25) is 0 Å². The van der Waals surface area contributed by atoms with E-state index in [2.05, 4.69) is 116 Å². The van der Waals surface area contributed by atoms with E-state index in [1.165, 1.54) is 11.1 Å². The molecule has 0 heterocycles. The van der Waals surface area contributed by atoms with E-state index in [1.54, 1.807) is 12.1 Å². The third-order valence-electron chi connectivity index (χ3n) is 6.24. The molecule has 2 heteroatoms. The van der Waals surface area contributed by atoms with Gasteiger partial charge in [-0.2, -0.15) is 0 Å². The van der Waals surface area contributed by atoms with Crippen LogP contribution in [0.5, 0.6) is 5.75 Å². The summed E-state index contributed by atoms with van der Waals surface area (Å²) in [7, 11) is 0. The molecule has 2 unspecified atom stereocenters. The summed E-state index contributed by atoms with van der Waals surface area (Å²) in [4.78, 5) is 2.29. The Hall–Kier alpha value is -3.52. The van der Waals surface area contributed by atoms with E-state index in [-0.39, 0.29) is 0 Å². The number of aromatic hydroxyl groups is 1. The van der Waals surface area contributed by atoms with E-state index in [4.69, 9.17) is 0 Å². The Morgan fingerprint density at radius 2 is 1.09 bits per heavy atom. The molecule has 0 aliphatic carbocycles. The maximum Gasteiger partial charge on any atom is 0.115 e. The summed E-state index contributed by atoms with van der Waals surface area (Å²) in [5.41, 5.74) is 6.11. The van der Waals surface area contributed by atoms with E-state index in [9.17, 15) is 5.11 Å². The highest BCUT2D eigenvalue weighted by atomic mass is 16.3. The number of anilines is 3. The third-order valence-corrected chi connectivity index (χ3v) is 6.24. The van der Waals surface area contributed by atoms with Gasteiger partial charge in [0.15, 0.2) is 0 Å². The zero-order valence-corrected chi connectivity index (χ0v) is 18.9. The monoisotopic (exact) mass is 421 g/mol. The van der Waals surface area contributed by atoms with Crippen molar-refractivity contribution in [2.75, 3.05) is 4.90 Å². The van der Waals surface area contributed by atoms with Crippen molar-refractivity contribution in [2.24, 2.45) is 0 Å². The lowest BCUT2D eigenvalue weighted by Crippen LogP contribution is -2.10. The van der Waals surface area contributed by atoms with Gasteiger partial charge in [0.05, 0.1) is 0 Å². The SMILES string of the molecule is CCC(CC(C)c1ccc(N(c2ccccc2)c2ccccc2)cc1)c1ccc(O)cc1. The van der Waals surface area contributed by atoms with Crippen molar-refractivity contribution < 1.29 is 5.11 Å². The van der Waals surface area contributed by atoms with Gasteiger partial charge in [-0.05, 0) is 84.3 Å². The smallest absolute Gasteiger partial charge is 0.115 e. The molecule has 4 rings (SSSR count). The van der Waals surface area contributed by atoms with Crippen LogP contribution in [0.4, 0.5) is 17.1 Å². The van der Waals surface area contributed by atoms with E-state index >= 15 is 0 Å². The van der Waals surface area contributed by atoms with Crippen LogP contribution in [-0.2, 0) is 0 Å². The standard InChI is InChI=1S/C30H31NO/c1-3-24(26-16-20-30(32)21-17-26)22-23(2)25-14-18-29(19-15-25)31(27-10-6-4-7-11-27)28-12-8-5-9-13-28/h4-21,23-24,32H,3,22H2,1-2H3. The second kappa shape index (κ2) is 10.2. The van der Waals surface area contributed by atoms with Crippen LogP contribution in [0, 0.1) is 0 Å². The summed E-state index contributed by atoms with van der Waals surface area (Å²) in [6, 6.07) is 37.7. The number of hydrogen-bond donors (Lipinski definition) is 1. The fraction of sp³-hybridized carbons (Fsp3) is 0.200. The molecule has 0 saturated heterocycles. The van der Waals surface area contributed by atoms with Crippen molar-refractivity contribution in [1.29, 1.82) is 0 Å². The number of phenolic OH excluding ortho intramolecular Hbond substituents is 1. The van der Waals surface area contributed by atoms with Crippen LogP contribution in [0.15, 0.2) is 109 Å². The molecule has 0 aliphatic heterocycles. The van der Waals surface area contributed by atoms with Gasteiger partial charge < -0.3 is 10.0 Å². The molecule has 0 spiro atoms. The first-order valence-electron chi connectivity index (χ1n) is 11.4. The first-order chi connectivity index (χ1) is 15.7. The van der Waals surface area contributed by atoms with Crippen molar-refractivity contribution in [2.45, 2.75) is 38.5 Å². The molecule has 0 radical (unpaired) electrons. The lowest BCUT2D eigenvalue weighted by Gasteiger charge is -2.26. The van der Waals surface area contributed by atoms with Gasteiger partial charge in [0.1, 0.15) is 5.75 Å². The van der Waals surface area contributed by atoms with Crippen molar-refractivity contribution in [1.82, 2.24) is 0 Å². The second-order valence-electron chi connectivity index (χ2n) is 8.43. The fourth-order valence-electron chi connectivity index (χ4n) is 4.40. The Balaban J connectivity index is 1.56. The molecule has 0 amide bonds. The molecule has 0 saturated carbocycles. The number of rotatable bonds is 8. The minimum Gasteiger partial charge on any atom is -0.508 e. The molecule has 1 N–H and O–H groups in total. The van der Waals surface area contributed by atoms with Crippen LogP contribution in [-0.4, -0.2) is 5.11 Å². The second-order valence-corrected chi connectivity index (χ2v) is 8.43. The number of nitrogens with zero attached hydrogens (tertiary/aromatic N) is 1. The number of hydrogen-bond acceptors (Lipinski definition) is 2. The maximum absolute atomic E-state index is 9.60. The largest absolute Gasteiger partial charge is 0.508 e. The van der Waals surface area contributed by atoms with Crippen LogP contribution >= 0.6 is 0 Å².